The molecule has 0 fully saturated rings. The maximum Gasteiger partial charge on any atom is 0.151 e. The van der Waals surface area contributed by atoms with Crippen LogP contribution in [-0.2, 0) is 0 Å². The highest BCUT2D eigenvalue weighted by atomic mass is 79.9. The van der Waals surface area contributed by atoms with Gasteiger partial charge in [0, 0.05) is 27.5 Å². The zero-order valence-corrected chi connectivity index (χ0v) is 14.8. The first-order valence-corrected chi connectivity index (χ1v) is 8.92. The van der Waals surface area contributed by atoms with Gasteiger partial charge < -0.3 is 5.73 Å². The minimum absolute atomic E-state index is 0.213. The Morgan fingerprint density at radius 3 is 2.12 bits per heavy atom. The maximum atomic E-state index is 8.34. The van der Waals surface area contributed by atoms with Crippen molar-refractivity contribution in [3.63, 3.8) is 0 Å². The summed E-state index contributed by atoms with van der Waals surface area (Å²) in [6.45, 7) is 0. The minimum atomic E-state index is 0.213. The fraction of sp³-hybridized carbons (Fsp3) is 0.200. The van der Waals surface area contributed by atoms with Gasteiger partial charge >= 0.3 is 0 Å². The van der Waals surface area contributed by atoms with Crippen LogP contribution in [0.25, 0.3) is 0 Å². The molecule has 2 atom stereocenters. The van der Waals surface area contributed by atoms with Gasteiger partial charge in [-0.25, -0.2) is 4.99 Å². The molecule has 3 nitrogen and oxygen atoms in total. The van der Waals surface area contributed by atoms with E-state index >= 15 is 0 Å². The molecule has 0 saturated carbocycles. The number of nitrogens with zero attached hydrogens (tertiary/aromatic N) is 1. The third-order valence-electron chi connectivity index (χ3n) is 4.97. The number of halogens is 1. The van der Waals surface area contributed by atoms with Crippen molar-refractivity contribution in [2.45, 2.75) is 24.7 Å². The SMILES string of the molecule is N=C1N=C(N)C2=C1C(c1ccccc1)CCC2c1ccc(Br)cc1. The van der Waals surface area contributed by atoms with Gasteiger partial charge in [0.15, 0.2) is 5.84 Å². The predicted octanol–water partition coefficient (Wildman–Crippen LogP) is 4.75. The quantitative estimate of drug-likeness (QED) is 0.776. The molecule has 2 aliphatic rings. The van der Waals surface area contributed by atoms with E-state index in [2.05, 4.69) is 69.5 Å². The highest BCUT2D eigenvalue weighted by molar-refractivity contribution is 9.10. The van der Waals surface area contributed by atoms with E-state index in [0.717, 1.165) is 28.5 Å². The maximum absolute atomic E-state index is 8.34. The van der Waals surface area contributed by atoms with E-state index in [1.165, 1.54) is 11.1 Å². The van der Waals surface area contributed by atoms with Crippen LogP contribution in [0.4, 0.5) is 0 Å². The summed E-state index contributed by atoms with van der Waals surface area (Å²) >= 11 is 3.49. The average Bonchev–Trinajstić information content (AvgIpc) is 2.91. The summed E-state index contributed by atoms with van der Waals surface area (Å²) < 4.78 is 1.07. The molecular weight excluding hydrogens is 362 g/mol. The Labute approximate surface area is 149 Å². The number of hydrogen-bond acceptors (Lipinski definition) is 2. The number of rotatable bonds is 2. The molecule has 2 aromatic rings. The van der Waals surface area contributed by atoms with Gasteiger partial charge in [0.25, 0.3) is 0 Å². The normalized spacial score (nSPS) is 23.2. The van der Waals surface area contributed by atoms with Crippen LogP contribution in [0.2, 0.25) is 0 Å². The van der Waals surface area contributed by atoms with Crippen molar-refractivity contribution in [1.82, 2.24) is 0 Å². The summed E-state index contributed by atoms with van der Waals surface area (Å²) in [4.78, 5) is 4.30. The van der Waals surface area contributed by atoms with E-state index in [0.29, 0.717) is 11.7 Å². The third-order valence-corrected chi connectivity index (χ3v) is 5.50. The van der Waals surface area contributed by atoms with Crippen LogP contribution in [0.3, 0.4) is 0 Å². The van der Waals surface area contributed by atoms with E-state index in [1.807, 2.05) is 6.07 Å². The van der Waals surface area contributed by atoms with Crippen molar-refractivity contribution in [2.75, 3.05) is 0 Å². The lowest BCUT2D eigenvalue weighted by molar-refractivity contribution is 0.578. The lowest BCUT2D eigenvalue weighted by atomic mass is 9.72. The molecule has 120 valence electrons. The molecule has 1 aliphatic heterocycles. The number of nitrogens with one attached hydrogen (secondary N) is 1. The summed E-state index contributed by atoms with van der Waals surface area (Å²) in [5.74, 6) is 1.28. The van der Waals surface area contributed by atoms with Crippen LogP contribution in [0.1, 0.15) is 35.8 Å². The molecule has 1 heterocycles. The first-order chi connectivity index (χ1) is 11.6. The molecule has 0 spiro atoms. The largest absolute Gasteiger partial charge is 0.383 e. The molecule has 0 radical (unpaired) electrons. The highest BCUT2D eigenvalue weighted by Gasteiger charge is 2.38. The van der Waals surface area contributed by atoms with Crippen molar-refractivity contribution < 1.29 is 0 Å². The van der Waals surface area contributed by atoms with E-state index in [4.69, 9.17) is 11.1 Å². The molecule has 0 amide bonds. The molecular formula is C20H18BrN3. The first-order valence-electron chi connectivity index (χ1n) is 8.13. The van der Waals surface area contributed by atoms with Crippen LogP contribution < -0.4 is 5.73 Å². The zero-order chi connectivity index (χ0) is 16.7. The van der Waals surface area contributed by atoms with Crippen LogP contribution in [0.15, 0.2) is 75.2 Å². The Balaban J connectivity index is 1.81. The average molecular weight is 380 g/mol. The molecule has 2 unspecified atom stereocenters. The Morgan fingerprint density at radius 2 is 1.46 bits per heavy atom. The summed E-state index contributed by atoms with van der Waals surface area (Å²) in [5.41, 5.74) is 10.8. The predicted molar refractivity (Wildman–Crippen MR) is 102 cm³/mol. The molecule has 24 heavy (non-hydrogen) atoms. The second-order valence-electron chi connectivity index (χ2n) is 6.32. The number of nitrogens with two attached hydrogens (primary N) is 1. The minimum Gasteiger partial charge on any atom is -0.383 e. The fourth-order valence-electron chi connectivity index (χ4n) is 3.89. The lowest BCUT2D eigenvalue weighted by Crippen LogP contribution is -2.24. The Hall–Kier alpha value is -2.20. The standard InChI is InChI=1S/C20H18BrN3/c21-14-8-6-13(7-9-14)16-11-10-15(12-4-2-1-3-5-12)17-18(16)20(23)24-19(17)22/h1-9,15-16H,10-11H2,(H3,22,23,24). The third kappa shape index (κ3) is 2.51. The second-order valence-corrected chi connectivity index (χ2v) is 7.23. The first kappa shape index (κ1) is 15.3. The smallest absolute Gasteiger partial charge is 0.151 e. The van der Waals surface area contributed by atoms with Crippen molar-refractivity contribution in [3.8, 4) is 0 Å². The van der Waals surface area contributed by atoms with Crippen molar-refractivity contribution in [2.24, 2.45) is 10.7 Å². The lowest BCUT2D eigenvalue weighted by Gasteiger charge is -2.31. The van der Waals surface area contributed by atoms with Gasteiger partial charge in [-0.1, -0.05) is 58.4 Å². The number of aliphatic imine (C=N–C) groups is 1. The Bertz CT molecular complexity index is 850. The molecule has 4 heteroatoms. The van der Waals surface area contributed by atoms with Crippen LogP contribution in [-0.4, -0.2) is 11.7 Å². The molecule has 0 saturated heterocycles. The second kappa shape index (κ2) is 6.02. The molecule has 0 bridgehead atoms. The molecule has 3 N–H and O–H groups in total. The Morgan fingerprint density at radius 1 is 0.875 bits per heavy atom. The topological polar surface area (TPSA) is 62.2 Å². The van der Waals surface area contributed by atoms with Crippen molar-refractivity contribution >= 4 is 27.6 Å². The summed E-state index contributed by atoms with van der Waals surface area (Å²) in [6, 6.07) is 18.8. The van der Waals surface area contributed by atoms with E-state index in [1.54, 1.807) is 0 Å². The van der Waals surface area contributed by atoms with Gasteiger partial charge in [-0.2, -0.15) is 0 Å². The van der Waals surface area contributed by atoms with Gasteiger partial charge in [-0.15, -0.1) is 0 Å². The highest BCUT2D eigenvalue weighted by Crippen LogP contribution is 2.47. The fourth-order valence-corrected chi connectivity index (χ4v) is 4.16. The van der Waals surface area contributed by atoms with Gasteiger partial charge in [0.1, 0.15) is 5.84 Å². The van der Waals surface area contributed by atoms with Gasteiger partial charge in [0.2, 0.25) is 0 Å². The van der Waals surface area contributed by atoms with Crippen LogP contribution in [0.5, 0.6) is 0 Å². The van der Waals surface area contributed by atoms with Crippen molar-refractivity contribution in [3.05, 3.63) is 81.3 Å². The van der Waals surface area contributed by atoms with E-state index < -0.39 is 0 Å². The number of amidine groups is 2. The summed E-state index contributed by atoms with van der Waals surface area (Å²) in [7, 11) is 0. The Kier molecular flexibility index (Phi) is 3.85. The van der Waals surface area contributed by atoms with Gasteiger partial charge in [-0.05, 0) is 36.1 Å². The van der Waals surface area contributed by atoms with E-state index in [-0.39, 0.29) is 11.8 Å². The van der Waals surface area contributed by atoms with Crippen LogP contribution >= 0.6 is 15.9 Å². The van der Waals surface area contributed by atoms with E-state index in [9.17, 15) is 0 Å². The zero-order valence-electron chi connectivity index (χ0n) is 13.2. The molecule has 2 aromatic carbocycles. The van der Waals surface area contributed by atoms with Gasteiger partial charge in [0.05, 0.1) is 0 Å². The molecule has 0 aromatic heterocycles. The van der Waals surface area contributed by atoms with Crippen molar-refractivity contribution in [1.29, 1.82) is 5.41 Å². The van der Waals surface area contributed by atoms with Gasteiger partial charge in [-0.3, -0.25) is 5.41 Å². The molecule has 1 aliphatic carbocycles. The summed E-state index contributed by atoms with van der Waals surface area (Å²) in [5, 5.41) is 8.34. The summed E-state index contributed by atoms with van der Waals surface area (Å²) in [6.07, 6.45) is 2.03. The number of benzene rings is 2. The van der Waals surface area contributed by atoms with Crippen LogP contribution in [0, 0.1) is 5.41 Å². The molecule has 4 rings (SSSR count). The monoisotopic (exact) mass is 379 g/mol. The number of hydrogen-bond donors (Lipinski definition) is 2.